The molecule has 0 aliphatic carbocycles. The first kappa shape index (κ1) is 8.91. The first-order chi connectivity index (χ1) is 7.93. The topological polar surface area (TPSA) is 54.7 Å². The van der Waals surface area contributed by atoms with Crippen LogP contribution in [0.1, 0.15) is 0 Å². The predicted molar refractivity (Wildman–Crippen MR) is 59.5 cm³/mol. The van der Waals surface area contributed by atoms with Crippen molar-refractivity contribution in [2.75, 3.05) is 0 Å². The summed E-state index contributed by atoms with van der Waals surface area (Å²) in [4.78, 5) is 0. The third-order valence-corrected chi connectivity index (χ3v) is 2.36. The fourth-order valence-electron chi connectivity index (χ4n) is 1.54. The summed E-state index contributed by atoms with van der Waals surface area (Å²) in [6, 6.07) is 11.8. The van der Waals surface area contributed by atoms with Crippen LogP contribution in [0.3, 0.4) is 0 Å². The smallest absolute Gasteiger partial charge is 0.170 e. The third kappa shape index (κ3) is 1.50. The molecule has 0 aliphatic rings. The van der Waals surface area contributed by atoms with Gasteiger partial charge in [0.25, 0.3) is 0 Å². The van der Waals surface area contributed by atoms with Gasteiger partial charge in [-0.25, -0.2) is 0 Å². The normalized spacial score (nSPS) is 10.5. The average Bonchev–Trinajstić information content (AvgIpc) is 3.01. The van der Waals surface area contributed by atoms with Gasteiger partial charge in [-0.15, -0.1) is 0 Å². The summed E-state index contributed by atoms with van der Waals surface area (Å²) in [5, 5.41) is 10.6. The Morgan fingerprint density at radius 1 is 1.06 bits per heavy atom. The molecule has 1 aromatic carbocycles. The van der Waals surface area contributed by atoms with E-state index in [9.17, 15) is 0 Å². The molecule has 3 rings (SSSR count). The molecule has 1 N–H and O–H groups in total. The first-order valence-corrected chi connectivity index (χ1v) is 4.95. The Morgan fingerprint density at radius 3 is 2.69 bits per heavy atom. The molecule has 0 atom stereocenters. The molecule has 0 aliphatic heterocycles. The van der Waals surface area contributed by atoms with Crippen LogP contribution in [0.4, 0.5) is 0 Å². The summed E-state index contributed by atoms with van der Waals surface area (Å²) in [7, 11) is 0. The zero-order valence-corrected chi connectivity index (χ0v) is 8.42. The standard InChI is InChI=1S/C12H9N3O/c1-2-4-9(5-3-1)11-6-12(16-15-11)10-7-13-14-8-10/h1-8H,(H,13,14). The van der Waals surface area contributed by atoms with E-state index in [0.717, 1.165) is 16.8 Å². The monoisotopic (exact) mass is 211 g/mol. The molecule has 0 unspecified atom stereocenters. The SMILES string of the molecule is c1ccc(-c2cc(-c3cn[nH]c3)on2)cc1. The van der Waals surface area contributed by atoms with Crippen molar-refractivity contribution in [2.45, 2.75) is 0 Å². The lowest BCUT2D eigenvalue weighted by Gasteiger charge is -1.91. The zero-order chi connectivity index (χ0) is 10.8. The lowest BCUT2D eigenvalue weighted by molar-refractivity contribution is 0.435. The first-order valence-electron chi connectivity index (χ1n) is 4.95. The van der Waals surface area contributed by atoms with Gasteiger partial charge in [-0.1, -0.05) is 35.5 Å². The number of aromatic nitrogens is 3. The van der Waals surface area contributed by atoms with Gasteiger partial charge >= 0.3 is 0 Å². The summed E-state index contributed by atoms with van der Waals surface area (Å²) in [5.41, 5.74) is 2.77. The lowest BCUT2D eigenvalue weighted by atomic mass is 10.1. The molecule has 16 heavy (non-hydrogen) atoms. The summed E-state index contributed by atoms with van der Waals surface area (Å²) >= 11 is 0. The van der Waals surface area contributed by atoms with E-state index in [1.54, 1.807) is 12.4 Å². The maximum atomic E-state index is 5.25. The number of rotatable bonds is 2. The quantitative estimate of drug-likeness (QED) is 0.709. The van der Waals surface area contributed by atoms with Crippen molar-refractivity contribution in [1.29, 1.82) is 0 Å². The fourth-order valence-corrected chi connectivity index (χ4v) is 1.54. The molecule has 0 bridgehead atoms. The fraction of sp³-hybridized carbons (Fsp3) is 0. The average molecular weight is 211 g/mol. The second-order valence-corrected chi connectivity index (χ2v) is 3.43. The van der Waals surface area contributed by atoms with E-state index in [1.807, 2.05) is 36.4 Å². The maximum Gasteiger partial charge on any atom is 0.170 e. The number of hydrogen-bond donors (Lipinski definition) is 1. The van der Waals surface area contributed by atoms with Gasteiger partial charge in [-0.05, 0) is 0 Å². The van der Waals surface area contributed by atoms with Gasteiger partial charge in [0.15, 0.2) is 5.76 Å². The van der Waals surface area contributed by atoms with Crippen LogP contribution in [0.15, 0.2) is 53.3 Å². The highest BCUT2D eigenvalue weighted by Gasteiger charge is 2.08. The van der Waals surface area contributed by atoms with Gasteiger partial charge in [-0.2, -0.15) is 5.10 Å². The molecule has 4 heteroatoms. The van der Waals surface area contributed by atoms with E-state index in [-0.39, 0.29) is 0 Å². The van der Waals surface area contributed by atoms with Crippen LogP contribution in [0, 0.1) is 0 Å². The largest absolute Gasteiger partial charge is 0.356 e. The summed E-state index contributed by atoms with van der Waals surface area (Å²) in [5.74, 6) is 0.715. The second-order valence-electron chi connectivity index (χ2n) is 3.43. The van der Waals surface area contributed by atoms with Gasteiger partial charge in [0.05, 0.1) is 11.8 Å². The third-order valence-electron chi connectivity index (χ3n) is 2.36. The van der Waals surface area contributed by atoms with Crippen LogP contribution in [0.25, 0.3) is 22.6 Å². The number of hydrogen-bond acceptors (Lipinski definition) is 3. The van der Waals surface area contributed by atoms with E-state index < -0.39 is 0 Å². The van der Waals surface area contributed by atoms with E-state index in [0.29, 0.717) is 5.76 Å². The van der Waals surface area contributed by atoms with Crippen LogP contribution >= 0.6 is 0 Å². The van der Waals surface area contributed by atoms with Crippen molar-refractivity contribution in [3.8, 4) is 22.6 Å². The Labute approximate surface area is 91.9 Å². The molecule has 4 nitrogen and oxygen atoms in total. The Morgan fingerprint density at radius 2 is 1.94 bits per heavy atom. The van der Waals surface area contributed by atoms with Gasteiger partial charge in [0.2, 0.25) is 0 Å². The molecule has 0 fully saturated rings. The number of aromatic amines is 1. The number of benzene rings is 1. The Kier molecular flexibility index (Phi) is 2.04. The highest BCUT2D eigenvalue weighted by Crippen LogP contribution is 2.24. The van der Waals surface area contributed by atoms with Crippen molar-refractivity contribution >= 4 is 0 Å². The molecular weight excluding hydrogens is 202 g/mol. The molecule has 0 saturated carbocycles. The molecule has 2 aromatic heterocycles. The van der Waals surface area contributed by atoms with Crippen LogP contribution in [0.2, 0.25) is 0 Å². The van der Waals surface area contributed by atoms with Crippen molar-refractivity contribution in [3.05, 3.63) is 48.8 Å². The van der Waals surface area contributed by atoms with Gasteiger partial charge in [0, 0.05) is 17.8 Å². The minimum Gasteiger partial charge on any atom is -0.356 e. The Balaban J connectivity index is 2.00. The van der Waals surface area contributed by atoms with Crippen LogP contribution in [-0.4, -0.2) is 15.4 Å². The molecular formula is C12H9N3O. The minimum atomic E-state index is 0.715. The van der Waals surface area contributed by atoms with Crippen LogP contribution < -0.4 is 0 Å². The number of H-pyrrole nitrogens is 1. The Bertz CT molecular complexity index is 569. The molecule has 0 amide bonds. The van der Waals surface area contributed by atoms with Gasteiger partial charge in [-0.3, -0.25) is 5.10 Å². The number of nitrogens with one attached hydrogen (secondary N) is 1. The molecule has 3 aromatic rings. The van der Waals surface area contributed by atoms with Crippen molar-refractivity contribution in [3.63, 3.8) is 0 Å². The zero-order valence-electron chi connectivity index (χ0n) is 8.42. The van der Waals surface area contributed by atoms with Crippen LogP contribution in [0.5, 0.6) is 0 Å². The number of nitrogens with zero attached hydrogens (tertiary/aromatic N) is 2. The molecule has 0 saturated heterocycles. The predicted octanol–water partition coefficient (Wildman–Crippen LogP) is 2.73. The van der Waals surface area contributed by atoms with Gasteiger partial charge < -0.3 is 4.52 Å². The van der Waals surface area contributed by atoms with Crippen molar-refractivity contribution in [2.24, 2.45) is 0 Å². The van der Waals surface area contributed by atoms with Gasteiger partial charge in [0.1, 0.15) is 5.69 Å². The molecule has 0 radical (unpaired) electrons. The highest BCUT2D eigenvalue weighted by molar-refractivity contribution is 5.65. The van der Waals surface area contributed by atoms with E-state index in [4.69, 9.17) is 4.52 Å². The summed E-state index contributed by atoms with van der Waals surface area (Å²) < 4.78 is 5.25. The summed E-state index contributed by atoms with van der Waals surface area (Å²) in [6.45, 7) is 0. The minimum absolute atomic E-state index is 0.715. The van der Waals surface area contributed by atoms with Crippen LogP contribution in [-0.2, 0) is 0 Å². The highest BCUT2D eigenvalue weighted by atomic mass is 16.5. The van der Waals surface area contributed by atoms with Crippen molar-refractivity contribution in [1.82, 2.24) is 15.4 Å². The molecule has 78 valence electrons. The molecule has 0 spiro atoms. The summed E-state index contributed by atoms with van der Waals surface area (Å²) in [6.07, 6.45) is 3.48. The maximum absolute atomic E-state index is 5.25. The van der Waals surface area contributed by atoms with E-state index in [2.05, 4.69) is 15.4 Å². The van der Waals surface area contributed by atoms with Crippen molar-refractivity contribution < 1.29 is 4.52 Å². The van der Waals surface area contributed by atoms with E-state index in [1.165, 1.54) is 0 Å². The second kappa shape index (κ2) is 3.66. The van der Waals surface area contributed by atoms with E-state index >= 15 is 0 Å². The lowest BCUT2D eigenvalue weighted by Crippen LogP contribution is -1.73. The Hall–Kier alpha value is -2.36. The molecule has 2 heterocycles.